The predicted octanol–water partition coefficient (Wildman–Crippen LogP) is 5.93. The van der Waals surface area contributed by atoms with E-state index in [1.165, 1.54) is 0 Å². The van der Waals surface area contributed by atoms with E-state index in [1.807, 2.05) is 80.6 Å². The minimum Gasteiger partial charge on any atom is -0.497 e. The molecule has 0 aliphatic rings. The Morgan fingerprint density at radius 3 is 2.22 bits per heavy atom. The SMILES string of the molecule is COc1ccc(-c2oc3cc(C)c(C)cc3c(=O)c2OCCCOc2ccccc2)cc1. The molecule has 0 spiro atoms. The largest absolute Gasteiger partial charge is 0.497 e. The van der Waals surface area contributed by atoms with Gasteiger partial charge in [-0.1, -0.05) is 18.2 Å². The Balaban J connectivity index is 1.62. The lowest BCUT2D eigenvalue weighted by atomic mass is 10.0. The molecule has 164 valence electrons. The van der Waals surface area contributed by atoms with Crippen molar-refractivity contribution in [3.05, 3.63) is 88.1 Å². The minimum atomic E-state index is -0.177. The first-order valence-corrected chi connectivity index (χ1v) is 10.6. The van der Waals surface area contributed by atoms with Crippen molar-refractivity contribution in [2.75, 3.05) is 20.3 Å². The quantitative estimate of drug-likeness (QED) is 0.324. The van der Waals surface area contributed by atoms with Crippen molar-refractivity contribution in [1.82, 2.24) is 0 Å². The molecule has 32 heavy (non-hydrogen) atoms. The van der Waals surface area contributed by atoms with Crippen molar-refractivity contribution in [2.45, 2.75) is 20.3 Å². The van der Waals surface area contributed by atoms with Gasteiger partial charge < -0.3 is 18.6 Å². The fourth-order valence-corrected chi connectivity index (χ4v) is 3.44. The maximum Gasteiger partial charge on any atom is 0.235 e. The van der Waals surface area contributed by atoms with Gasteiger partial charge in [0.1, 0.15) is 17.1 Å². The molecule has 3 aromatic carbocycles. The summed E-state index contributed by atoms with van der Waals surface area (Å²) < 4.78 is 23.1. The molecule has 0 fully saturated rings. The maximum absolute atomic E-state index is 13.4. The van der Waals surface area contributed by atoms with Crippen LogP contribution in [0.3, 0.4) is 0 Å². The normalized spacial score (nSPS) is 10.8. The lowest BCUT2D eigenvalue weighted by Gasteiger charge is -2.13. The third-order valence-electron chi connectivity index (χ3n) is 5.36. The van der Waals surface area contributed by atoms with E-state index in [9.17, 15) is 4.79 Å². The summed E-state index contributed by atoms with van der Waals surface area (Å²) in [4.78, 5) is 13.4. The molecule has 1 aromatic heterocycles. The number of aryl methyl sites for hydroxylation is 2. The number of fused-ring (bicyclic) bond motifs is 1. The summed E-state index contributed by atoms with van der Waals surface area (Å²) in [5.41, 5.74) is 3.21. The van der Waals surface area contributed by atoms with Gasteiger partial charge in [0, 0.05) is 12.0 Å². The molecule has 1 heterocycles. The molecule has 0 bridgehead atoms. The van der Waals surface area contributed by atoms with Crippen LogP contribution in [0.1, 0.15) is 17.5 Å². The fourth-order valence-electron chi connectivity index (χ4n) is 3.44. The average molecular weight is 431 g/mol. The number of methoxy groups -OCH3 is 1. The van der Waals surface area contributed by atoms with Gasteiger partial charge in [-0.15, -0.1) is 0 Å². The summed E-state index contributed by atoms with van der Waals surface area (Å²) in [5, 5.41) is 0.515. The highest BCUT2D eigenvalue weighted by atomic mass is 16.5. The van der Waals surface area contributed by atoms with Gasteiger partial charge in [-0.3, -0.25) is 4.79 Å². The van der Waals surface area contributed by atoms with Gasteiger partial charge in [-0.25, -0.2) is 0 Å². The Hall–Kier alpha value is -3.73. The molecular weight excluding hydrogens is 404 g/mol. The molecule has 0 saturated heterocycles. The third kappa shape index (κ3) is 4.62. The van der Waals surface area contributed by atoms with Crippen LogP contribution in [0.5, 0.6) is 17.2 Å². The van der Waals surface area contributed by atoms with Crippen LogP contribution in [-0.2, 0) is 0 Å². The molecule has 4 aromatic rings. The van der Waals surface area contributed by atoms with Crippen LogP contribution in [-0.4, -0.2) is 20.3 Å². The first-order valence-electron chi connectivity index (χ1n) is 10.6. The Kier molecular flexibility index (Phi) is 6.45. The van der Waals surface area contributed by atoms with Gasteiger partial charge in [0.15, 0.2) is 5.76 Å². The second-order valence-electron chi connectivity index (χ2n) is 7.61. The van der Waals surface area contributed by atoms with Gasteiger partial charge in [0.25, 0.3) is 0 Å². The number of hydrogen-bond acceptors (Lipinski definition) is 5. The minimum absolute atomic E-state index is 0.177. The number of hydrogen-bond donors (Lipinski definition) is 0. The Labute approximate surface area is 187 Å². The molecule has 0 aliphatic heterocycles. The average Bonchev–Trinajstić information content (AvgIpc) is 2.82. The first-order chi connectivity index (χ1) is 15.6. The summed E-state index contributed by atoms with van der Waals surface area (Å²) in [5.74, 6) is 2.16. The van der Waals surface area contributed by atoms with Crippen LogP contribution in [0.4, 0.5) is 0 Å². The summed E-state index contributed by atoms with van der Waals surface area (Å²) in [6.07, 6.45) is 0.626. The zero-order chi connectivity index (χ0) is 22.5. The highest BCUT2D eigenvalue weighted by molar-refractivity contribution is 5.83. The van der Waals surface area contributed by atoms with E-state index in [4.69, 9.17) is 18.6 Å². The van der Waals surface area contributed by atoms with E-state index < -0.39 is 0 Å². The Morgan fingerprint density at radius 2 is 1.50 bits per heavy atom. The Morgan fingerprint density at radius 1 is 0.812 bits per heavy atom. The molecule has 0 N–H and O–H groups in total. The van der Waals surface area contributed by atoms with Crippen LogP contribution in [0.25, 0.3) is 22.3 Å². The van der Waals surface area contributed by atoms with Crippen molar-refractivity contribution >= 4 is 11.0 Å². The number of ether oxygens (including phenoxy) is 3. The van der Waals surface area contributed by atoms with Crippen molar-refractivity contribution in [2.24, 2.45) is 0 Å². The van der Waals surface area contributed by atoms with Gasteiger partial charge in [0.05, 0.1) is 25.7 Å². The molecule has 0 aliphatic carbocycles. The predicted molar refractivity (Wildman–Crippen MR) is 126 cm³/mol. The van der Waals surface area contributed by atoms with Crippen molar-refractivity contribution in [3.63, 3.8) is 0 Å². The summed E-state index contributed by atoms with van der Waals surface area (Å²) in [6.45, 7) is 4.79. The molecule has 5 nitrogen and oxygen atoms in total. The van der Waals surface area contributed by atoms with Gasteiger partial charge >= 0.3 is 0 Å². The lowest BCUT2D eigenvalue weighted by Crippen LogP contribution is -2.13. The second kappa shape index (κ2) is 9.60. The van der Waals surface area contributed by atoms with Crippen LogP contribution in [0.2, 0.25) is 0 Å². The second-order valence-corrected chi connectivity index (χ2v) is 7.61. The van der Waals surface area contributed by atoms with Crippen LogP contribution >= 0.6 is 0 Å². The molecule has 0 radical (unpaired) electrons. The highest BCUT2D eigenvalue weighted by Crippen LogP contribution is 2.33. The van der Waals surface area contributed by atoms with E-state index >= 15 is 0 Å². The van der Waals surface area contributed by atoms with E-state index in [-0.39, 0.29) is 11.2 Å². The molecular formula is C27H26O5. The molecule has 5 heteroatoms. The summed E-state index contributed by atoms with van der Waals surface area (Å²) in [6, 6.07) is 20.7. The summed E-state index contributed by atoms with van der Waals surface area (Å²) in [7, 11) is 1.61. The number of para-hydroxylation sites is 1. The van der Waals surface area contributed by atoms with Crippen molar-refractivity contribution in [1.29, 1.82) is 0 Å². The maximum atomic E-state index is 13.4. The van der Waals surface area contributed by atoms with E-state index in [1.54, 1.807) is 7.11 Å². The number of rotatable bonds is 8. The van der Waals surface area contributed by atoms with Crippen LogP contribution in [0, 0.1) is 13.8 Å². The zero-order valence-electron chi connectivity index (χ0n) is 18.5. The standard InChI is InChI=1S/C27H26O5/c1-18-16-23-24(17-19(18)2)32-26(20-10-12-21(29-3)13-11-20)27(25(23)28)31-15-7-14-30-22-8-5-4-6-9-22/h4-6,8-13,16-17H,7,14-15H2,1-3H3. The molecule has 0 amide bonds. The highest BCUT2D eigenvalue weighted by Gasteiger charge is 2.18. The zero-order valence-corrected chi connectivity index (χ0v) is 18.5. The van der Waals surface area contributed by atoms with Crippen molar-refractivity contribution in [3.8, 4) is 28.6 Å². The summed E-state index contributed by atoms with van der Waals surface area (Å²) >= 11 is 0. The smallest absolute Gasteiger partial charge is 0.235 e. The molecule has 0 unspecified atom stereocenters. The molecule has 4 rings (SSSR count). The van der Waals surface area contributed by atoms with Crippen LogP contribution in [0.15, 0.2) is 75.9 Å². The van der Waals surface area contributed by atoms with E-state index in [0.29, 0.717) is 36.4 Å². The third-order valence-corrected chi connectivity index (χ3v) is 5.36. The van der Waals surface area contributed by atoms with E-state index in [0.717, 1.165) is 28.2 Å². The Bertz CT molecular complexity index is 1260. The molecule has 0 saturated carbocycles. The topological polar surface area (TPSA) is 57.9 Å². The van der Waals surface area contributed by atoms with Gasteiger partial charge in [0.2, 0.25) is 11.2 Å². The van der Waals surface area contributed by atoms with Crippen molar-refractivity contribution < 1.29 is 18.6 Å². The van der Waals surface area contributed by atoms with E-state index in [2.05, 4.69) is 0 Å². The fraction of sp³-hybridized carbons (Fsp3) is 0.222. The van der Waals surface area contributed by atoms with Gasteiger partial charge in [-0.05, 0) is 73.5 Å². The lowest BCUT2D eigenvalue weighted by molar-refractivity contribution is 0.244. The number of benzene rings is 3. The molecule has 0 atom stereocenters. The monoisotopic (exact) mass is 430 g/mol. The van der Waals surface area contributed by atoms with Gasteiger partial charge in [-0.2, -0.15) is 0 Å². The first kappa shape index (κ1) is 21.5. The van der Waals surface area contributed by atoms with Crippen LogP contribution < -0.4 is 19.6 Å².